The van der Waals surface area contributed by atoms with Gasteiger partial charge in [0.05, 0.1) is 23.5 Å². The molecule has 2 aromatic heterocycles. The van der Waals surface area contributed by atoms with E-state index in [1.807, 2.05) is 24.3 Å². The summed E-state index contributed by atoms with van der Waals surface area (Å²) in [5, 5.41) is 7.75. The Morgan fingerprint density at radius 1 is 1.12 bits per heavy atom. The summed E-state index contributed by atoms with van der Waals surface area (Å²) in [7, 11) is 0. The first-order valence-electron chi connectivity index (χ1n) is 8.57. The van der Waals surface area contributed by atoms with Gasteiger partial charge in [-0.05, 0) is 36.6 Å². The van der Waals surface area contributed by atoms with Crippen LogP contribution in [0.5, 0.6) is 0 Å². The molecule has 1 saturated carbocycles. The molecule has 0 unspecified atom stereocenters. The van der Waals surface area contributed by atoms with E-state index >= 15 is 0 Å². The normalized spacial score (nSPS) is 15.7. The zero-order chi connectivity index (χ0) is 18.0. The van der Waals surface area contributed by atoms with Crippen LogP contribution >= 0.6 is 11.6 Å². The van der Waals surface area contributed by atoms with E-state index in [9.17, 15) is 4.79 Å². The number of rotatable bonds is 4. The molecule has 1 N–H and O–H groups in total. The Bertz CT molecular complexity index is 885. The molecule has 1 amide bonds. The first-order chi connectivity index (χ1) is 12.7. The van der Waals surface area contributed by atoms with Gasteiger partial charge in [0.25, 0.3) is 5.95 Å². The van der Waals surface area contributed by atoms with Crippen LogP contribution in [0.2, 0.25) is 5.02 Å². The standard InChI is InChI=1S/C19H18ClN5O/c20-15-6-4-14(5-7-15)19(8-1-2-9-19)17(26)24-16-12-21-18(22-13-16)25-11-3-10-23-25/h3-7,10-13H,1-2,8-9H2,(H,24,26). The quantitative estimate of drug-likeness (QED) is 0.761. The van der Waals surface area contributed by atoms with Gasteiger partial charge in [0.15, 0.2) is 0 Å². The van der Waals surface area contributed by atoms with Crippen LogP contribution in [0.3, 0.4) is 0 Å². The number of benzene rings is 1. The first kappa shape index (κ1) is 16.7. The molecule has 4 rings (SSSR count). The minimum Gasteiger partial charge on any atom is -0.323 e. The number of amides is 1. The Morgan fingerprint density at radius 2 is 1.81 bits per heavy atom. The van der Waals surface area contributed by atoms with Crippen molar-refractivity contribution in [3.05, 3.63) is 65.7 Å². The molecule has 1 fully saturated rings. The lowest BCUT2D eigenvalue weighted by atomic mass is 9.78. The van der Waals surface area contributed by atoms with Crippen molar-refractivity contribution in [3.63, 3.8) is 0 Å². The highest BCUT2D eigenvalue weighted by atomic mass is 35.5. The minimum absolute atomic E-state index is 0.0206. The van der Waals surface area contributed by atoms with Gasteiger partial charge in [-0.3, -0.25) is 4.79 Å². The minimum atomic E-state index is -0.523. The molecule has 0 spiro atoms. The van der Waals surface area contributed by atoms with Crippen LogP contribution in [0.4, 0.5) is 5.69 Å². The highest BCUT2D eigenvalue weighted by Crippen LogP contribution is 2.42. The summed E-state index contributed by atoms with van der Waals surface area (Å²) in [6.45, 7) is 0. The lowest BCUT2D eigenvalue weighted by Gasteiger charge is -2.28. The number of aromatic nitrogens is 4. The Balaban J connectivity index is 1.56. The Hall–Kier alpha value is -2.73. The highest BCUT2D eigenvalue weighted by molar-refractivity contribution is 6.30. The van der Waals surface area contributed by atoms with Crippen LogP contribution in [0.25, 0.3) is 5.95 Å². The van der Waals surface area contributed by atoms with Gasteiger partial charge in [-0.1, -0.05) is 36.6 Å². The van der Waals surface area contributed by atoms with E-state index in [1.54, 1.807) is 35.5 Å². The molecule has 2 heterocycles. The summed E-state index contributed by atoms with van der Waals surface area (Å²) in [5.41, 5.74) is 1.06. The Kier molecular flexibility index (Phi) is 4.42. The smallest absolute Gasteiger partial charge is 0.250 e. The highest BCUT2D eigenvalue weighted by Gasteiger charge is 2.42. The number of anilines is 1. The summed E-state index contributed by atoms with van der Waals surface area (Å²) in [5.74, 6) is 0.439. The monoisotopic (exact) mass is 367 g/mol. The summed E-state index contributed by atoms with van der Waals surface area (Å²) >= 11 is 6.01. The fraction of sp³-hybridized carbons (Fsp3) is 0.263. The largest absolute Gasteiger partial charge is 0.323 e. The maximum Gasteiger partial charge on any atom is 0.250 e. The van der Waals surface area contributed by atoms with E-state index in [0.717, 1.165) is 31.2 Å². The molecule has 0 saturated heterocycles. The van der Waals surface area contributed by atoms with Crippen molar-refractivity contribution < 1.29 is 4.79 Å². The molecule has 1 aliphatic rings. The second-order valence-electron chi connectivity index (χ2n) is 6.47. The zero-order valence-corrected chi connectivity index (χ0v) is 14.9. The second-order valence-corrected chi connectivity index (χ2v) is 6.91. The van der Waals surface area contributed by atoms with Gasteiger partial charge in [-0.2, -0.15) is 5.10 Å². The maximum atomic E-state index is 13.1. The SMILES string of the molecule is O=C(Nc1cnc(-n2cccn2)nc1)C1(c2ccc(Cl)cc2)CCCC1. The lowest BCUT2D eigenvalue weighted by Crippen LogP contribution is -2.38. The maximum absolute atomic E-state index is 13.1. The lowest BCUT2D eigenvalue weighted by molar-refractivity contribution is -0.121. The topological polar surface area (TPSA) is 72.7 Å². The van der Waals surface area contributed by atoms with Crippen LogP contribution < -0.4 is 5.32 Å². The van der Waals surface area contributed by atoms with E-state index in [4.69, 9.17) is 11.6 Å². The number of nitrogens with zero attached hydrogens (tertiary/aromatic N) is 4. The predicted octanol–water partition coefficient (Wildman–Crippen LogP) is 3.77. The fourth-order valence-corrected chi connectivity index (χ4v) is 3.66. The van der Waals surface area contributed by atoms with Crippen LogP contribution in [0.15, 0.2) is 55.1 Å². The fourth-order valence-electron chi connectivity index (χ4n) is 3.54. The molecule has 26 heavy (non-hydrogen) atoms. The van der Waals surface area contributed by atoms with Crippen LogP contribution in [-0.2, 0) is 10.2 Å². The third kappa shape index (κ3) is 3.08. The number of hydrogen-bond donors (Lipinski definition) is 1. The van der Waals surface area contributed by atoms with Crippen LogP contribution in [-0.4, -0.2) is 25.7 Å². The predicted molar refractivity (Wildman–Crippen MR) is 99.4 cm³/mol. The Labute approximate surface area is 156 Å². The molecule has 0 radical (unpaired) electrons. The van der Waals surface area contributed by atoms with Crippen molar-refractivity contribution in [3.8, 4) is 5.95 Å². The van der Waals surface area contributed by atoms with E-state index < -0.39 is 5.41 Å². The average Bonchev–Trinajstić information content (AvgIpc) is 3.36. The average molecular weight is 368 g/mol. The molecule has 0 atom stereocenters. The summed E-state index contributed by atoms with van der Waals surface area (Å²) < 4.78 is 1.57. The summed E-state index contributed by atoms with van der Waals surface area (Å²) in [6.07, 6.45) is 10.4. The molecule has 7 heteroatoms. The van der Waals surface area contributed by atoms with E-state index in [1.165, 1.54) is 0 Å². The van der Waals surface area contributed by atoms with Crippen molar-refractivity contribution in [2.24, 2.45) is 0 Å². The number of carbonyl (C=O) groups is 1. The molecule has 0 aliphatic heterocycles. The number of carbonyl (C=O) groups excluding carboxylic acids is 1. The molecule has 3 aromatic rings. The molecular weight excluding hydrogens is 350 g/mol. The third-order valence-electron chi connectivity index (χ3n) is 4.89. The van der Waals surface area contributed by atoms with E-state index in [2.05, 4.69) is 20.4 Å². The van der Waals surface area contributed by atoms with Crippen molar-refractivity contribution >= 4 is 23.2 Å². The van der Waals surface area contributed by atoms with Gasteiger partial charge in [0, 0.05) is 17.4 Å². The molecule has 1 aliphatic carbocycles. The molecule has 1 aromatic carbocycles. The molecule has 0 bridgehead atoms. The van der Waals surface area contributed by atoms with E-state index in [0.29, 0.717) is 16.7 Å². The number of halogens is 1. The second kappa shape index (κ2) is 6.88. The number of nitrogens with one attached hydrogen (secondary N) is 1. The van der Waals surface area contributed by atoms with Crippen LogP contribution in [0, 0.1) is 0 Å². The third-order valence-corrected chi connectivity index (χ3v) is 5.15. The molecule has 132 valence electrons. The zero-order valence-electron chi connectivity index (χ0n) is 14.1. The van der Waals surface area contributed by atoms with Crippen molar-refractivity contribution in [1.29, 1.82) is 0 Å². The van der Waals surface area contributed by atoms with Gasteiger partial charge >= 0.3 is 0 Å². The first-order valence-corrected chi connectivity index (χ1v) is 8.95. The van der Waals surface area contributed by atoms with Gasteiger partial charge in [-0.25, -0.2) is 14.6 Å². The van der Waals surface area contributed by atoms with Crippen molar-refractivity contribution in [2.45, 2.75) is 31.1 Å². The summed E-state index contributed by atoms with van der Waals surface area (Å²) in [4.78, 5) is 21.6. The van der Waals surface area contributed by atoms with Gasteiger partial charge in [-0.15, -0.1) is 0 Å². The van der Waals surface area contributed by atoms with Crippen LogP contribution in [0.1, 0.15) is 31.2 Å². The van der Waals surface area contributed by atoms with Gasteiger partial charge in [0.2, 0.25) is 5.91 Å². The van der Waals surface area contributed by atoms with Gasteiger partial charge < -0.3 is 5.32 Å². The molecule has 6 nitrogen and oxygen atoms in total. The Morgan fingerprint density at radius 3 is 2.42 bits per heavy atom. The summed E-state index contributed by atoms with van der Waals surface area (Å²) in [6, 6.07) is 9.38. The van der Waals surface area contributed by atoms with Crippen molar-refractivity contribution in [2.75, 3.05) is 5.32 Å². The molecular formula is C19H18ClN5O. The van der Waals surface area contributed by atoms with Gasteiger partial charge in [0.1, 0.15) is 0 Å². The number of hydrogen-bond acceptors (Lipinski definition) is 4. The van der Waals surface area contributed by atoms with Crippen molar-refractivity contribution in [1.82, 2.24) is 19.7 Å². The van der Waals surface area contributed by atoms with E-state index in [-0.39, 0.29) is 5.91 Å².